The van der Waals surface area contributed by atoms with E-state index in [4.69, 9.17) is 11.2 Å². The number of nitrogens with zero attached hydrogens (tertiary/aromatic N) is 1. The summed E-state index contributed by atoms with van der Waals surface area (Å²) < 4.78 is 5.36. The highest BCUT2D eigenvalue weighted by Crippen LogP contribution is 2.26. The zero-order valence-electron chi connectivity index (χ0n) is 21.4. The zero-order valence-corrected chi connectivity index (χ0v) is 21.4. The molecule has 0 aromatic heterocycles. The van der Waals surface area contributed by atoms with Crippen molar-refractivity contribution in [2.24, 2.45) is 5.92 Å². The van der Waals surface area contributed by atoms with Crippen molar-refractivity contribution >= 4 is 17.9 Å². The molecule has 0 bridgehead atoms. The zero-order chi connectivity index (χ0) is 25.5. The molecule has 0 saturated heterocycles. The number of alkyl carbamates (subject to hydrolysis) is 1. The number of hydrogen-bond acceptors (Lipinski definition) is 4. The summed E-state index contributed by atoms with van der Waals surface area (Å²) in [5.41, 5.74) is 0.606. The molecule has 0 saturated carbocycles. The van der Waals surface area contributed by atoms with Gasteiger partial charge in [0, 0.05) is 17.6 Å². The second-order valence-corrected chi connectivity index (χ2v) is 10.0. The molecule has 2 unspecified atom stereocenters. The average molecular weight is 458 g/mol. The van der Waals surface area contributed by atoms with E-state index >= 15 is 0 Å². The van der Waals surface area contributed by atoms with Crippen LogP contribution in [0.1, 0.15) is 79.5 Å². The highest BCUT2D eigenvalue weighted by molar-refractivity contribution is 5.92. The topological polar surface area (TPSA) is 87.7 Å². The van der Waals surface area contributed by atoms with E-state index in [2.05, 4.69) is 16.6 Å². The van der Waals surface area contributed by atoms with Gasteiger partial charge in [-0.1, -0.05) is 31.9 Å². The van der Waals surface area contributed by atoms with Crippen molar-refractivity contribution in [1.82, 2.24) is 15.5 Å². The van der Waals surface area contributed by atoms with E-state index in [0.29, 0.717) is 11.1 Å². The van der Waals surface area contributed by atoms with E-state index in [1.165, 1.54) is 4.90 Å². The van der Waals surface area contributed by atoms with Gasteiger partial charge in [0.05, 0.1) is 0 Å². The molecule has 1 rings (SSSR count). The summed E-state index contributed by atoms with van der Waals surface area (Å²) in [6, 6.07) is 4.79. The van der Waals surface area contributed by atoms with Gasteiger partial charge in [-0.15, -0.1) is 6.42 Å². The highest BCUT2D eigenvalue weighted by Gasteiger charge is 2.39. The van der Waals surface area contributed by atoms with Crippen LogP contribution in [0.25, 0.3) is 0 Å². The molecule has 0 aliphatic heterocycles. The summed E-state index contributed by atoms with van der Waals surface area (Å²) in [5.74, 6) is 1.66. The maximum atomic E-state index is 13.8. The number of carbonyl (C=O) groups excluding carboxylic acids is 3. The summed E-state index contributed by atoms with van der Waals surface area (Å²) >= 11 is 0. The number of hydrogen-bond donors (Lipinski definition) is 2. The number of terminal acetylenes is 1. The Labute approximate surface area is 198 Å². The molecule has 0 fully saturated rings. The van der Waals surface area contributed by atoms with Crippen LogP contribution in [0.15, 0.2) is 24.3 Å². The minimum absolute atomic E-state index is 0.116. The maximum absolute atomic E-state index is 13.8. The van der Waals surface area contributed by atoms with Crippen LogP contribution in [0, 0.1) is 18.3 Å². The minimum atomic E-state index is -0.895. The van der Waals surface area contributed by atoms with E-state index in [-0.39, 0.29) is 29.8 Å². The molecule has 0 aliphatic carbocycles. The van der Waals surface area contributed by atoms with Crippen LogP contribution < -0.4 is 10.6 Å². The van der Waals surface area contributed by atoms with Crippen LogP contribution in [0.2, 0.25) is 0 Å². The lowest BCUT2D eigenvalue weighted by Gasteiger charge is -2.38. The number of nitrogens with one attached hydrogen (secondary N) is 2. The van der Waals surface area contributed by atoms with Gasteiger partial charge in [0.2, 0.25) is 11.8 Å². The molecule has 7 nitrogen and oxygen atoms in total. The Hall–Kier alpha value is -3.01. The molecule has 3 amide bonds. The number of ether oxygens (including phenoxy) is 1. The van der Waals surface area contributed by atoms with E-state index in [1.54, 1.807) is 45.0 Å². The summed E-state index contributed by atoms with van der Waals surface area (Å²) in [7, 11) is 0. The lowest BCUT2D eigenvalue weighted by Crippen LogP contribution is -2.57. The predicted molar refractivity (Wildman–Crippen MR) is 130 cm³/mol. The van der Waals surface area contributed by atoms with E-state index < -0.39 is 23.8 Å². The largest absolute Gasteiger partial charge is 0.444 e. The smallest absolute Gasteiger partial charge is 0.408 e. The van der Waals surface area contributed by atoms with Crippen molar-refractivity contribution in [1.29, 1.82) is 0 Å². The monoisotopic (exact) mass is 457 g/mol. The molecule has 1 aromatic rings. The second kappa shape index (κ2) is 11.7. The molecule has 0 radical (unpaired) electrons. The van der Waals surface area contributed by atoms with Crippen molar-refractivity contribution in [3.05, 3.63) is 35.4 Å². The van der Waals surface area contributed by atoms with Gasteiger partial charge in [0.25, 0.3) is 0 Å². The fourth-order valence-electron chi connectivity index (χ4n) is 3.35. The Morgan fingerprint density at radius 3 is 1.91 bits per heavy atom. The first-order valence-corrected chi connectivity index (χ1v) is 11.4. The van der Waals surface area contributed by atoms with Crippen LogP contribution in [0.4, 0.5) is 4.79 Å². The Morgan fingerprint density at radius 1 is 0.970 bits per heavy atom. The van der Waals surface area contributed by atoms with Crippen LogP contribution in [-0.2, 0) is 14.3 Å². The number of rotatable bonds is 8. The van der Waals surface area contributed by atoms with Gasteiger partial charge in [0.15, 0.2) is 0 Å². The van der Waals surface area contributed by atoms with Gasteiger partial charge in [-0.05, 0) is 72.1 Å². The van der Waals surface area contributed by atoms with E-state index in [0.717, 1.165) is 0 Å². The Balaban J connectivity index is 3.44. The molecule has 0 aliphatic rings. The van der Waals surface area contributed by atoms with Gasteiger partial charge >= 0.3 is 6.09 Å². The van der Waals surface area contributed by atoms with Crippen molar-refractivity contribution < 1.29 is 19.1 Å². The van der Waals surface area contributed by atoms with Gasteiger partial charge in [-0.2, -0.15) is 0 Å². The molecule has 1 aromatic carbocycles. The minimum Gasteiger partial charge on any atom is -0.444 e. The van der Waals surface area contributed by atoms with E-state index in [1.807, 2.05) is 41.5 Å². The Bertz CT molecular complexity index is 861. The van der Waals surface area contributed by atoms with Crippen molar-refractivity contribution in [2.75, 3.05) is 0 Å². The first-order chi connectivity index (χ1) is 15.2. The van der Waals surface area contributed by atoms with Gasteiger partial charge in [-0.25, -0.2) is 4.79 Å². The SMILES string of the molecule is C#Cc1ccc(C(C(=O)NC(C)C)N(C(=O)C(NC(=O)OC(C)(C)C)C(C)C)C(C)C)cc1. The quantitative estimate of drug-likeness (QED) is 0.577. The fourth-order valence-corrected chi connectivity index (χ4v) is 3.35. The third-order valence-corrected chi connectivity index (χ3v) is 4.77. The molecule has 0 heterocycles. The molecular weight excluding hydrogens is 418 g/mol. The first-order valence-electron chi connectivity index (χ1n) is 11.4. The average Bonchev–Trinajstić information content (AvgIpc) is 2.67. The number of benzene rings is 1. The lowest BCUT2D eigenvalue weighted by molar-refractivity contribution is -0.145. The lowest BCUT2D eigenvalue weighted by atomic mass is 9.97. The third-order valence-electron chi connectivity index (χ3n) is 4.77. The number of carbonyl (C=O) groups is 3. The number of amides is 3. The van der Waals surface area contributed by atoms with Crippen LogP contribution >= 0.6 is 0 Å². The van der Waals surface area contributed by atoms with E-state index in [9.17, 15) is 14.4 Å². The normalized spacial score (nSPS) is 13.3. The summed E-state index contributed by atoms with van der Waals surface area (Å²) in [4.78, 5) is 41.1. The summed E-state index contributed by atoms with van der Waals surface area (Å²) in [6.45, 7) is 16.3. The summed E-state index contributed by atoms with van der Waals surface area (Å²) in [5, 5.41) is 5.62. The molecule has 33 heavy (non-hydrogen) atoms. The molecule has 7 heteroatoms. The Kier molecular flexibility index (Phi) is 9.97. The van der Waals surface area contributed by atoms with Crippen LogP contribution in [0.3, 0.4) is 0 Å². The van der Waals surface area contributed by atoms with Crippen molar-refractivity contribution in [2.45, 2.75) is 92.1 Å². The van der Waals surface area contributed by atoms with Crippen LogP contribution in [0.5, 0.6) is 0 Å². The van der Waals surface area contributed by atoms with Gasteiger partial charge < -0.3 is 20.3 Å². The molecular formula is C26H39N3O4. The fraction of sp³-hybridized carbons (Fsp3) is 0.577. The molecule has 2 N–H and O–H groups in total. The maximum Gasteiger partial charge on any atom is 0.408 e. The predicted octanol–water partition coefficient (Wildman–Crippen LogP) is 4.02. The van der Waals surface area contributed by atoms with Gasteiger partial charge in [0.1, 0.15) is 17.7 Å². The first kappa shape index (κ1) is 28.0. The second-order valence-electron chi connectivity index (χ2n) is 10.0. The van der Waals surface area contributed by atoms with Crippen LogP contribution in [-0.4, -0.2) is 46.5 Å². The third kappa shape index (κ3) is 8.45. The molecule has 2 atom stereocenters. The molecule has 0 spiro atoms. The Morgan fingerprint density at radius 2 is 1.52 bits per heavy atom. The standard InChI is InChI=1S/C26H39N3O4/c1-11-19-12-14-20(15-13-19)22(23(30)27-17(4)5)29(18(6)7)24(31)21(16(2)3)28-25(32)33-26(8,9)10/h1,12-18,21-22H,2-10H3,(H,27,30)(H,28,32). The van der Waals surface area contributed by atoms with Crippen molar-refractivity contribution in [3.63, 3.8) is 0 Å². The highest BCUT2D eigenvalue weighted by atomic mass is 16.6. The van der Waals surface area contributed by atoms with Crippen molar-refractivity contribution in [3.8, 4) is 12.3 Å². The summed E-state index contributed by atoms with van der Waals surface area (Å²) in [6.07, 6.45) is 4.79. The van der Waals surface area contributed by atoms with Gasteiger partial charge in [-0.3, -0.25) is 9.59 Å². The molecule has 182 valence electrons.